The number of hydrogen-bond acceptors (Lipinski definition) is 6. The minimum atomic E-state index is -0.853. The van der Waals surface area contributed by atoms with E-state index in [1.165, 1.54) is 4.68 Å². The van der Waals surface area contributed by atoms with E-state index in [0.717, 1.165) is 5.56 Å². The minimum Gasteiger partial charge on any atom is -0.435 e. The van der Waals surface area contributed by atoms with Crippen LogP contribution in [-0.4, -0.2) is 28.4 Å². The molecule has 9 heteroatoms. The van der Waals surface area contributed by atoms with Crippen LogP contribution in [0, 0.1) is 26.8 Å². The van der Waals surface area contributed by atoms with E-state index in [4.69, 9.17) is 13.9 Å². The molecule has 1 aromatic carbocycles. The van der Waals surface area contributed by atoms with Crippen LogP contribution in [0.25, 0.3) is 0 Å². The summed E-state index contributed by atoms with van der Waals surface area (Å²) in [5.74, 6) is -0.222. The zero-order valence-electron chi connectivity index (χ0n) is 15.4. The van der Waals surface area contributed by atoms with Crippen molar-refractivity contribution in [3.8, 4) is 0 Å². The molecule has 137 valence electrons. The zero-order chi connectivity index (χ0) is 18.6. The third kappa shape index (κ3) is 5.60. The van der Waals surface area contributed by atoms with Crippen molar-refractivity contribution in [3.63, 3.8) is 0 Å². The first-order valence-corrected chi connectivity index (χ1v) is 7.80. The van der Waals surface area contributed by atoms with Crippen LogP contribution in [0.5, 0.6) is 0 Å². The average molecular weight is 435 g/mol. The maximum absolute atomic E-state index is 12.4. The summed E-state index contributed by atoms with van der Waals surface area (Å²) in [7, 11) is 0. The Kier molecular flexibility index (Phi) is 8.37. The normalized spacial score (nSPS) is 12.3. The van der Waals surface area contributed by atoms with Crippen molar-refractivity contribution < 1.29 is 56.2 Å². The number of hydrogen-bond donors (Lipinski definition) is 0. The largest absolute Gasteiger partial charge is 0.510 e. The molecule has 2 aromatic rings. The topological polar surface area (TPSA) is 95.9 Å². The molecular weight excluding hydrogens is 415 g/mol. The maximum atomic E-state index is 12.4. The van der Waals surface area contributed by atoms with Gasteiger partial charge in [0.2, 0.25) is 18.0 Å². The zero-order valence-corrected chi connectivity index (χ0v) is 18.2. The van der Waals surface area contributed by atoms with Gasteiger partial charge in [0.25, 0.3) is 0 Å². The number of aryl methyl sites for hydroxylation is 3. The molecule has 1 amide bonds. The van der Waals surface area contributed by atoms with Gasteiger partial charge in [0.1, 0.15) is 0 Å². The van der Waals surface area contributed by atoms with Gasteiger partial charge in [-0.05, 0) is 13.8 Å². The van der Waals surface area contributed by atoms with E-state index in [1.807, 2.05) is 6.92 Å². The van der Waals surface area contributed by atoms with Gasteiger partial charge >= 0.3 is 11.8 Å². The van der Waals surface area contributed by atoms with Crippen LogP contribution in [0.2, 0.25) is 0 Å². The van der Waals surface area contributed by atoms with Crippen LogP contribution in [-0.2, 0) is 42.2 Å². The number of rotatable bonds is 4. The smallest absolute Gasteiger partial charge is 0.435 e. The van der Waals surface area contributed by atoms with Gasteiger partial charge in [-0.25, -0.2) is 4.79 Å². The third-order valence-corrected chi connectivity index (χ3v) is 3.27. The fourth-order valence-electron chi connectivity index (χ4n) is 2.16. The first-order chi connectivity index (χ1) is 11.8. The summed E-state index contributed by atoms with van der Waals surface area (Å²) in [5, 5.41) is 4.07. The molecule has 8 nitrogen and oxygen atoms in total. The van der Waals surface area contributed by atoms with Crippen molar-refractivity contribution >= 4 is 12.1 Å². The Morgan fingerprint density at radius 3 is 2.65 bits per heavy atom. The molecule has 0 spiro atoms. The van der Waals surface area contributed by atoms with Crippen molar-refractivity contribution in [2.45, 2.75) is 40.8 Å². The summed E-state index contributed by atoms with van der Waals surface area (Å²) in [6, 6.07) is 6.53. The van der Waals surface area contributed by atoms with Crippen LogP contribution in [0.1, 0.15) is 47.5 Å². The molecule has 1 atom stereocenters. The Hall–Kier alpha value is -1.80. The van der Waals surface area contributed by atoms with Gasteiger partial charge in [-0.3, -0.25) is 4.79 Å². The number of carbonyl (C=O) groups excluding carboxylic acids is 2. The predicted octanol–water partition coefficient (Wildman–Crippen LogP) is 2.63. The molecule has 0 fully saturated rings. The monoisotopic (exact) mass is 435 g/mol. The third-order valence-electron chi connectivity index (χ3n) is 3.27. The summed E-state index contributed by atoms with van der Waals surface area (Å²) >= 11 is 0. The number of ether oxygens (including phenoxy) is 2. The maximum Gasteiger partial charge on any atom is 0.510 e. The number of benzene rings is 1. The first kappa shape index (κ1) is 22.2. The van der Waals surface area contributed by atoms with Crippen molar-refractivity contribution in [3.05, 3.63) is 46.5 Å². The van der Waals surface area contributed by atoms with Crippen LogP contribution < -0.4 is 5.68 Å². The SMILES string of the molecule is CCOC(=O)OC(C)n1nc(C)oc1=NC(=O)c1ccc(C)[c-]c1C.[Y]. The second-order valence-corrected chi connectivity index (χ2v) is 5.35. The van der Waals surface area contributed by atoms with Gasteiger partial charge in [0.15, 0.2) is 0 Å². The minimum absolute atomic E-state index is 0. The summed E-state index contributed by atoms with van der Waals surface area (Å²) in [5.41, 5.74) is 1.95. The summed E-state index contributed by atoms with van der Waals surface area (Å²) < 4.78 is 16.3. The van der Waals surface area contributed by atoms with Gasteiger partial charge in [-0.2, -0.15) is 39.0 Å². The Morgan fingerprint density at radius 1 is 1.35 bits per heavy atom. The number of carbonyl (C=O) groups is 2. The number of amides is 1. The van der Waals surface area contributed by atoms with Crippen molar-refractivity contribution in [1.29, 1.82) is 0 Å². The molecule has 1 aromatic heterocycles. The quantitative estimate of drug-likeness (QED) is 0.541. The Bertz CT molecular complexity index is 856. The van der Waals surface area contributed by atoms with E-state index in [0.29, 0.717) is 11.1 Å². The molecule has 26 heavy (non-hydrogen) atoms. The molecule has 1 radical (unpaired) electrons. The van der Waals surface area contributed by atoms with E-state index >= 15 is 0 Å². The summed E-state index contributed by atoms with van der Waals surface area (Å²) in [4.78, 5) is 27.8. The van der Waals surface area contributed by atoms with Gasteiger partial charge in [0, 0.05) is 39.6 Å². The van der Waals surface area contributed by atoms with Crippen molar-refractivity contribution in [1.82, 2.24) is 9.78 Å². The molecule has 0 N–H and O–H groups in total. The van der Waals surface area contributed by atoms with E-state index in [-0.39, 0.29) is 50.9 Å². The molecule has 1 unspecified atom stereocenters. The van der Waals surface area contributed by atoms with Gasteiger partial charge in [0.05, 0.1) is 6.61 Å². The molecule has 2 rings (SSSR count). The fraction of sp³-hybridized carbons (Fsp3) is 0.412. The number of aromatic nitrogens is 2. The van der Waals surface area contributed by atoms with E-state index in [1.54, 1.807) is 39.8 Å². The van der Waals surface area contributed by atoms with Gasteiger partial charge in [-0.15, -0.1) is 5.10 Å². The van der Waals surface area contributed by atoms with Crippen LogP contribution >= 0.6 is 0 Å². The molecule has 0 saturated heterocycles. The van der Waals surface area contributed by atoms with Crippen LogP contribution in [0.4, 0.5) is 4.79 Å². The molecule has 1 heterocycles. The summed E-state index contributed by atoms with van der Waals surface area (Å²) in [6.07, 6.45) is -1.70. The summed E-state index contributed by atoms with van der Waals surface area (Å²) in [6.45, 7) is 8.68. The Morgan fingerprint density at radius 2 is 2.04 bits per heavy atom. The van der Waals surface area contributed by atoms with Crippen molar-refractivity contribution in [2.75, 3.05) is 6.61 Å². The molecule has 0 aliphatic carbocycles. The van der Waals surface area contributed by atoms with E-state index in [2.05, 4.69) is 16.2 Å². The van der Waals surface area contributed by atoms with Crippen LogP contribution in [0.15, 0.2) is 21.5 Å². The average Bonchev–Trinajstić information content (AvgIpc) is 2.87. The Balaban J connectivity index is 0.00000338. The van der Waals surface area contributed by atoms with E-state index in [9.17, 15) is 9.59 Å². The van der Waals surface area contributed by atoms with Gasteiger partial charge < -0.3 is 13.9 Å². The molecule has 0 saturated carbocycles. The standard InChI is InChI=1S/C17H20N3O5.Y/c1-6-23-17(22)25-13(5)20-16(24-12(4)19-20)18-15(21)14-8-7-10(2)9-11(14)3;/h7-8,13H,6H2,1-5H3;/q-1;. The molecular formula is C17H20N3O5Y-. The molecule has 0 aliphatic rings. The number of nitrogens with zero attached hydrogens (tertiary/aromatic N) is 3. The second-order valence-electron chi connectivity index (χ2n) is 5.35. The Labute approximate surface area is 176 Å². The second kappa shape index (κ2) is 9.78. The van der Waals surface area contributed by atoms with E-state index < -0.39 is 18.3 Å². The fourth-order valence-corrected chi connectivity index (χ4v) is 2.16. The predicted molar refractivity (Wildman–Crippen MR) is 86.7 cm³/mol. The van der Waals surface area contributed by atoms with Crippen molar-refractivity contribution in [2.24, 2.45) is 4.99 Å². The van der Waals surface area contributed by atoms with Crippen LogP contribution in [0.3, 0.4) is 0 Å². The first-order valence-electron chi connectivity index (χ1n) is 7.80. The molecule has 0 bridgehead atoms. The molecule has 0 aliphatic heterocycles. The van der Waals surface area contributed by atoms with Gasteiger partial charge in [-0.1, -0.05) is 19.4 Å².